The third kappa shape index (κ3) is 2.03. The molecule has 4 nitrogen and oxygen atoms in total. The summed E-state index contributed by atoms with van der Waals surface area (Å²) in [6, 6.07) is 1.83. The summed E-state index contributed by atoms with van der Waals surface area (Å²) in [6.07, 6.45) is 3.00. The molecule has 3 rings (SSSR count). The monoisotopic (exact) mass is 297 g/mol. The molecule has 1 aromatic carbocycles. The van der Waals surface area contributed by atoms with E-state index in [1.54, 1.807) is 4.57 Å². The van der Waals surface area contributed by atoms with Gasteiger partial charge in [0.2, 0.25) is 5.43 Å². The second-order valence-corrected chi connectivity index (χ2v) is 5.23. The van der Waals surface area contributed by atoms with Crippen LogP contribution in [0.15, 0.2) is 23.1 Å². The average Bonchev–Trinajstić information content (AvgIpc) is 3.25. The van der Waals surface area contributed by atoms with Gasteiger partial charge in [-0.1, -0.05) is 0 Å². The number of carbonyl (C=O) groups is 1. The van der Waals surface area contributed by atoms with Crippen LogP contribution in [0.4, 0.5) is 8.78 Å². The lowest BCUT2D eigenvalue weighted by molar-refractivity contribution is 0.108. The van der Waals surface area contributed by atoms with Gasteiger partial charge in [0.25, 0.3) is 5.12 Å². The fraction of sp³-hybridized carbons (Fsp3) is 0.231. The van der Waals surface area contributed by atoms with Crippen LogP contribution in [-0.2, 0) is 0 Å². The number of halogens is 2. The van der Waals surface area contributed by atoms with Gasteiger partial charge in [-0.3, -0.25) is 9.59 Å². The molecule has 7 heteroatoms. The van der Waals surface area contributed by atoms with Gasteiger partial charge >= 0.3 is 0 Å². The first-order valence-electron chi connectivity index (χ1n) is 5.92. The summed E-state index contributed by atoms with van der Waals surface area (Å²) in [5.41, 5.74) is -0.679. The normalized spacial score (nSPS) is 14.8. The molecule has 20 heavy (non-hydrogen) atoms. The minimum Gasteiger partial charge on any atom is -0.343 e. The van der Waals surface area contributed by atoms with Gasteiger partial charge in [-0.25, -0.2) is 8.78 Å². The van der Waals surface area contributed by atoms with E-state index >= 15 is 0 Å². The summed E-state index contributed by atoms with van der Waals surface area (Å²) in [4.78, 5) is 23.7. The molecular weight excluding hydrogens is 288 g/mol. The fourth-order valence-electron chi connectivity index (χ4n) is 2.19. The number of rotatable bonds is 2. The van der Waals surface area contributed by atoms with E-state index < -0.39 is 22.2 Å². The molecule has 1 N–H and O–H groups in total. The predicted octanol–water partition coefficient (Wildman–Crippen LogP) is 2.96. The smallest absolute Gasteiger partial charge is 0.251 e. The van der Waals surface area contributed by atoms with Crippen molar-refractivity contribution < 1.29 is 18.1 Å². The van der Waals surface area contributed by atoms with E-state index in [0.29, 0.717) is 0 Å². The number of carbonyl (C=O) groups excluding carboxylic acids is 1. The summed E-state index contributed by atoms with van der Waals surface area (Å²) >= 11 is -0.0713. The molecule has 0 amide bonds. The molecule has 1 aromatic heterocycles. The maximum atomic E-state index is 13.4. The molecule has 0 spiro atoms. The number of pyridine rings is 1. The zero-order chi connectivity index (χ0) is 14.4. The molecule has 0 unspecified atom stereocenters. The van der Waals surface area contributed by atoms with Gasteiger partial charge < -0.3 is 9.12 Å². The van der Waals surface area contributed by atoms with E-state index in [-0.39, 0.29) is 34.6 Å². The topological polar surface area (TPSA) is 59.3 Å². The molecule has 0 bridgehead atoms. The largest absolute Gasteiger partial charge is 0.343 e. The van der Waals surface area contributed by atoms with Gasteiger partial charge in [0.1, 0.15) is 0 Å². The fourth-order valence-corrected chi connectivity index (χ4v) is 2.44. The molecule has 1 aliphatic carbocycles. The lowest BCUT2D eigenvalue weighted by atomic mass is 10.1. The zero-order valence-corrected chi connectivity index (χ0v) is 10.9. The van der Waals surface area contributed by atoms with Gasteiger partial charge in [0, 0.05) is 23.7 Å². The standard InChI is InChI=1S/C13H9F2NO3S/c14-9-3-7-11(4-10(9)15)16(6-1-2-6)5-8(12(7)17)13(18)20-19/h3-6,19H,1-2H2. The van der Waals surface area contributed by atoms with Crippen LogP contribution in [0.3, 0.4) is 0 Å². The Labute approximate surface area is 116 Å². The molecule has 0 atom stereocenters. The van der Waals surface area contributed by atoms with Crippen molar-refractivity contribution in [2.45, 2.75) is 18.9 Å². The predicted molar refractivity (Wildman–Crippen MR) is 70.9 cm³/mol. The molecule has 0 radical (unpaired) electrons. The summed E-state index contributed by atoms with van der Waals surface area (Å²) in [7, 11) is 0. The molecule has 1 heterocycles. The minimum atomic E-state index is -1.14. The number of nitrogens with zero attached hydrogens (tertiary/aromatic N) is 1. The lowest BCUT2D eigenvalue weighted by Gasteiger charge is -2.12. The average molecular weight is 297 g/mol. The first-order valence-corrected chi connectivity index (χ1v) is 6.70. The van der Waals surface area contributed by atoms with Crippen molar-refractivity contribution in [1.82, 2.24) is 4.57 Å². The number of hydrogen-bond donors (Lipinski definition) is 1. The summed E-state index contributed by atoms with van der Waals surface area (Å²) in [5, 5.41) is -0.869. The molecule has 0 aliphatic heterocycles. The van der Waals surface area contributed by atoms with Crippen molar-refractivity contribution in [3.8, 4) is 0 Å². The number of aromatic nitrogens is 1. The Kier molecular flexibility index (Phi) is 3.10. The molecule has 1 aliphatic rings. The van der Waals surface area contributed by atoms with Crippen molar-refractivity contribution >= 4 is 28.1 Å². The zero-order valence-electron chi connectivity index (χ0n) is 10.1. The van der Waals surface area contributed by atoms with Gasteiger partial charge in [-0.05, 0) is 18.9 Å². The van der Waals surface area contributed by atoms with Gasteiger partial charge in [-0.2, -0.15) is 0 Å². The quantitative estimate of drug-likeness (QED) is 0.866. The van der Waals surface area contributed by atoms with E-state index in [1.807, 2.05) is 0 Å². The number of fused-ring (bicyclic) bond motifs is 1. The van der Waals surface area contributed by atoms with E-state index in [1.165, 1.54) is 6.20 Å². The minimum absolute atomic E-state index is 0.0595. The summed E-state index contributed by atoms with van der Waals surface area (Å²) in [6.45, 7) is 0. The highest BCUT2D eigenvalue weighted by molar-refractivity contribution is 8.09. The first kappa shape index (κ1) is 13.3. The van der Waals surface area contributed by atoms with Crippen LogP contribution in [0.25, 0.3) is 10.9 Å². The Morgan fingerprint density at radius 2 is 1.95 bits per heavy atom. The number of hydrogen-bond acceptors (Lipinski definition) is 4. The highest BCUT2D eigenvalue weighted by atomic mass is 32.2. The molecular formula is C13H9F2NO3S. The summed E-state index contributed by atoms with van der Waals surface area (Å²) < 4.78 is 37.1. The third-order valence-corrected chi connectivity index (χ3v) is 3.70. The van der Waals surface area contributed by atoms with Crippen LogP contribution in [0.5, 0.6) is 0 Å². The van der Waals surface area contributed by atoms with Crippen LogP contribution in [0.2, 0.25) is 0 Å². The van der Waals surface area contributed by atoms with Crippen LogP contribution in [0, 0.1) is 11.6 Å². The third-order valence-electron chi connectivity index (χ3n) is 3.32. The maximum absolute atomic E-state index is 13.4. The Balaban J connectivity index is 2.40. The van der Waals surface area contributed by atoms with Crippen molar-refractivity contribution in [1.29, 1.82) is 0 Å². The van der Waals surface area contributed by atoms with Gasteiger partial charge in [0.05, 0.1) is 23.1 Å². The lowest BCUT2D eigenvalue weighted by Crippen LogP contribution is -2.18. The number of benzene rings is 1. The highest BCUT2D eigenvalue weighted by Crippen LogP contribution is 2.37. The summed E-state index contributed by atoms with van der Waals surface area (Å²) in [5.74, 6) is -2.18. The second kappa shape index (κ2) is 4.68. The van der Waals surface area contributed by atoms with Gasteiger partial charge in [0.15, 0.2) is 11.6 Å². The Morgan fingerprint density at radius 3 is 2.55 bits per heavy atom. The SMILES string of the molecule is O=C(SO)c1cn(C2CC2)c2cc(F)c(F)cc2c1=O. The van der Waals surface area contributed by atoms with Crippen LogP contribution >= 0.6 is 12.0 Å². The van der Waals surface area contributed by atoms with Crippen molar-refractivity contribution in [2.75, 3.05) is 0 Å². The van der Waals surface area contributed by atoms with E-state index in [2.05, 4.69) is 0 Å². The van der Waals surface area contributed by atoms with E-state index in [0.717, 1.165) is 25.0 Å². The second-order valence-electron chi connectivity index (χ2n) is 4.67. The van der Waals surface area contributed by atoms with Crippen molar-refractivity contribution in [2.24, 2.45) is 0 Å². The van der Waals surface area contributed by atoms with Crippen LogP contribution in [0.1, 0.15) is 29.2 Å². The molecule has 1 fully saturated rings. The molecule has 2 aromatic rings. The Bertz CT molecular complexity index is 783. The molecule has 104 valence electrons. The van der Waals surface area contributed by atoms with Crippen LogP contribution < -0.4 is 5.43 Å². The highest BCUT2D eigenvalue weighted by Gasteiger charge is 2.27. The first-order chi connectivity index (χ1) is 9.52. The van der Waals surface area contributed by atoms with Crippen molar-refractivity contribution in [3.63, 3.8) is 0 Å². The van der Waals surface area contributed by atoms with Crippen LogP contribution in [-0.4, -0.2) is 14.2 Å². The van der Waals surface area contributed by atoms with E-state index in [9.17, 15) is 18.4 Å². The molecule has 0 saturated heterocycles. The van der Waals surface area contributed by atoms with Crippen molar-refractivity contribution in [3.05, 3.63) is 45.8 Å². The Morgan fingerprint density at radius 1 is 1.30 bits per heavy atom. The van der Waals surface area contributed by atoms with Gasteiger partial charge in [-0.15, -0.1) is 0 Å². The maximum Gasteiger partial charge on any atom is 0.251 e. The van der Waals surface area contributed by atoms with E-state index in [4.69, 9.17) is 4.55 Å². The molecule has 1 saturated carbocycles. The Hall–Kier alpha value is -1.73.